The Labute approximate surface area is 92.4 Å². The molecule has 0 unspecified atom stereocenters. The number of imidazole rings is 1. The van der Waals surface area contributed by atoms with E-state index < -0.39 is 0 Å². The fourth-order valence-electron chi connectivity index (χ4n) is 1.93. The maximum atomic E-state index is 9.09. The molecular formula is C10H13N5O. The van der Waals surface area contributed by atoms with Crippen molar-refractivity contribution < 1.29 is 5.11 Å². The third-order valence-electron chi connectivity index (χ3n) is 2.80. The lowest BCUT2D eigenvalue weighted by Gasteiger charge is -2.22. The average molecular weight is 219 g/mol. The van der Waals surface area contributed by atoms with E-state index in [-0.39, 0.29) is 6.61 Å². The first kappa shape index (κ1) is 9.53. The van der Waals surface area contributed by atoms with Crippen molar-refractivity contribution >= 4 is 17.0 Å². The second-order valence-corrected chi connectivity index (χ2v) is 3.95. The van der Waals surface area contributed by atoms with Gasteiger partial charge in [0.1, 0.15) is 11.8 Å². The number of fused-ring (bicyclic) bond motifs is 1. The van der Waals surface area contributed by atoms with Crippen LogP contribution in [0.4, 0.5) is 5.82 Å². The van der Waals surface area contributed by atoms with Crippen LogP contribution >= 0.6 is 0 Å². The Bertz CT molecular complexity index is 493. The minimum Gasteiger partial charge on any atom is -0.395 e. The first-order chi connectivity index (χ1) is 7.90. The molecule has 2 N–H and O–H groups in total. The Morgan fingerprint density at radius 1 is 1.38 bits per heavy atom. The molecular weight excluding hydrogens is 206 g/mol. The minimum atomic E-state index is 0.135. The molecule has 0 saturated heterocycles. The molecule has 1 aliphatic carbocycles. The summed E-state index contributed by atoms with van der Waals surface area (Å²) < 4.78 is 0. The summed E-state index contributed by atoms with van der Waals surface area (Å²) in [6, 6.07) is 0.508. The number of anilines is 1. The van der Waals surface area contributed by atoms with Crippen molar-refractivity contribution in [1.82, 2.24) is 19.9 Å². The number of nitrogens with zero attached hydrogens (tertiary/aromatic N) is 4. The summed E-state index contributed by atoms with van der Waals surface area (Å²) in [5.41, 5.74) is 1.52. The smallest absolute Gasteiger partial charge is 0.182 e. The molecule has 1 aliphatic rings. The zero-order valence-electron chi connectivity index (χ0n) is 8.80. The van der Waals surface area contributed by atoms with Crippen molar-refractivity contribution in [3.8, 4) is 0 Å². The quantitative estimate of drug-likeness (QED) is 0.774. The predicted octanol–water partition coefficient (Wildman–Crippen LogP) is 0.314. The first-order valence-electron chi connectivity index (χ1n) is 5.41. The molecule has 3 rings (SSSR count). The van der Waals surface area contributed by atoms with E-state index in [1.54, 1.807) is 6.33 Å². The van der Waals surface area contributed by atoms with E-state index in [1.165, 1.54) is 19.2 Å². The van der Waals surface area contributed by atoms with Crippen molar-refractivity contribution in [3.05, 3.63) is 12.7 Å². The highest BCUT2D eigenvalue weighted by Gasteiger charge is 2.31. The zero-order chi connectivity index (χ0) is 11.0. The maximum absolute atomic E-state index is 9.09. The number of aromatic amines is 1. The average Bonchev–Trinajstić information content (AvgIpc) is 3.02. The standard InChI is InChI=1S/C10H13N5O/c16-4-3-15(7-1-2-7)10-8-9(12-5-11-8)13-6-14-10/h5-7,16H,1-4H2,(H,11,12,13,14). The number of hydrogen-bond donors (Lipinski definition) is 2. The van der Waals surface area contributed by atoms with E-state index in [4.69, 9.17) is 5.11 Å². The van der Waals surface area contributed by atoms with E-state index >= 15 is 0 Å². The molecule has 0 bridgehead atoms. The summed E-state index contributed by atoms with van der Waals surface area (Å²) in [5, 5.41) is 9.09. The molecule has 6 nitrogen and oxygen atoms in total. The van der Waals surface area contributed by atoms with Gasteiger partial charge >= 0.3 is 0 Å². The van der Waals surface area contributed by atoms with Gasteiger partial charge in [-0.05, 0) is 12.8 Å². The van der Waals surface area contributed by atoms with Gasteiger partial charge in [-0.25, -0.2) is 15.0 Å². The van der Waals surface area contributed by atoms with Crippen molar-refractivity contribution in [2.75, 3.05) is 18.1 Å². The molecule has 1 saturated carbocycles. The molecule has 0 aliphatic heterocycles. The van der Waals surface area contributed by atoms with Gasteiger partial charge in [0.05, 0.1) is 12.9 Å². The van der Waals surface area contributed by atoms with E-state index in [9.17, 15) is 0 Å². The van der Waals surface area contributed by atoms with Gasteiger partial charge in [-0.2, -0.15) is 0 Å². The number of hydrogen-bond acceptors (Lipinski definition) is 5. The van der Waals surface area contributed by atoms with Gasteiger partial charge in [0, 0.05) is 12.6 Å². The highest BCUT2D eigenvalue weighted by molar-refractivity contribution is 5.82. The summed E-state index contributed by atoms with van der Waals surface area (Å²) >= 11 is 0. The Hall–Kier alpha value is -1.69. The molecule has 0 atom stereocenters. The number of aliphatic hydroxyl groups excluding tert-OH is 1. The van der Waals surface area contributed by atoms with Gasteiger partial charge in [-0.15, -0.1) is 0 Å². The van der Waals surface area contributed by atoms with Crippen molar-refractivity contribution in [2.45, 2.75) is 18.9 Å². The lowest BCUT2D eigenvalue weighted by Crippen LogP contribution is -2.30. The summed E-state index contributed by atoms with van der Waals surface area (Å²) in [6.07, 6.45) is 5.47. The number of aromatic nitrogens is 4. The molecule has 84 valence electrons. The minimum absolute atomic E-state index is 0.135. The molecule has 0 spiro atoms. The summed E-state index contributed by atoms with van der Waals surface area (Å²) in [6.45, 7) is 0.742. The topological polar surface area (TPSA) is 77.9 Å². The van der Waals surface area contributed by atoms with Crippen LogP contribution in [-0.4, -0.2) is 44.2 Å². The van der Waals surface area contributed by atoms with Gasteiger partial charge in [-0.3, -0.25) is 0 Å². The van der Waals surface area contributed by atoms with Crippen LogP contribution in [-0.2, 0) is 0 Å². The zero-order valence-corrected chi connectivity index (χ0v) is 8.80. The Morgan fingerprint density at radius 2 is 2.25 bits per heavy atom. The maximum Gasteiger partial charge on any atom is 0.182 e. The number of rotatable bonds is 4. The van der Waals surface area contributed by atoms with E-state index in [1.807, 2.05) is 0 Å². The second kappa shape index (κ2) is 3.71. The van der Waals surface area contributed by atoms with E-state index in [2.05, 4.69) is 24.8 Å². The fourth-order valence-corrected chi connectivity index (χ4v) is 1.93. The molecule has 0 radical (unpaired) electrons. The second-order valence-electron chi connectivity index (χ2n) is 3.95. The summed E-state index contributed by atoms with van der Waals surface area (Å²) in [5.74, 6) is 0.846. The van der Waals surface area contributed by atoms with Crippen LogP contribution in [0.25, 0.3) is 11.2 Å². The Kier molecular flexibility index (Phi) is 2.21. The third kappa shape index (κ3) is 1.51. The largest absolute Gasteiger partial charge is 0.395 e. The van der Waals surface area contributed by atoms with Crippen LogP contribution in [0.3, 0.4) is 0 Å². The molecule has 0 amide bonds. The number of aliphatic hydroxyl groups is 1. The summed E-state index contributed by atoms with van der Waals surface area (Å²) in [4.78, 5) is 17.7. The lowest BCUT2D eigenvalue weighted by atomic mass is 10.4. The molecule has 2 heterocycles. The van der Waals surface area contributed by atoms with Crippen LogP contribution in [0.2, 0.25) is 0 Å². The third-order valence-corrected chi connectivity index (χ3v) is 2.80. The highest BCUT2D eigenvalue weighted by Crippen LogP contribution is 2.32. The highest BCUT2D eigenvalue weighted by atomic mass is 16.3. The van der Waals surface area contributed by atoms with Crippen LogP contribution in [0.15, 0.2) is 12.7 Å². The van der Waals surface area contributed by atoms with Crippen molar-refractivity contribution in [3.63, 3.8) is 0 Å². The van der Waals surface area contributed by atoms with Gasteiger partial charge in [0.2, 0.25) is 0 Å². The normalized spacial score (nSPS) is 15.6. The van der Waals surface area contributed by atoms with Gasteiger partial charge < -0.3 is 15.0 Å². The fraction of sp³-hybridized carbons (Fsp3) is 0.500. The first-order valence-corrected chi connectivity index (χ1v) is 5.41. The van der Waals surface area contributed by atoms with Crippen LogP contribution in [0, 0.1) is 0 Å². The van der Waals surface area contributed by atoms with Crippen molar-refractivity contribution in [2.24, 2.45) is 0 Å². The lowest BCUT2D eigenvalue weighted by molar-refractivity contribution is 0.301. The van der Waals surface area contributed by atoms with Gasteiger partial charge in [0.15, 0.2) is 11.5 Å². The van der Waals surface area contributed by atoms with Crippen LogP contribution in [0.1, 0.15) is 12.8 Å². The molecule has 1 fully saturated rings. The summed E-state index contributed by atoms with van der Waals surface area (Å²) in [7, 11) is 0. The predicted molar refractivity (Wildman–Crippen MR) is 59.1 cm³/mol. The molecule has 2 aromatic rings. The van der Waals surface area contributed by atoms with Gasteiger partial charge in [0.25, 0.3) is 0 Å². The Balaban J connectivity index is 2.04. The van der Waals surface area contributed by atoms with Crippen LogP contribution < -0.4 is 4.90 Å². The number of H-pyrrole nitrogens is 1. The van der Waals surface area contributed by atoms with E-state index in [0.717, 1.165) is 11.3 Å². The molecule has 16 heavy (non-hydrogen) atoms. The molecule has 0 aromatic carbocycles. The Morgan fingerprint density at radius 3 is 3.00 bits per heavy atom. The molecule has 2 aromatic heterocycles. The van der Waals surface area contributed by atoms with Gasteiger partial charge in [-0.1, -0.05) is 0 Å². The monoisotopic (exact) mass is 219 g/mol. The van der Waals surface area contributed by atoms with Crippen molar-refractivity contribution in [1.29, 1.82) is 0 Å². The van der Waals surface area contributed by atoms with E-state index in [0.29, 0.717) is 18.2 Å². The SMILES string of the molecule is OCCN(c1ncnc2nc[nH]c12)C1CC1. The number of nitrogens with one attached hydrogen (secondary N) is 1. The van der Waals surface area contributed by atoms with Crippen LogP contribution in [0.5, 0.6) is 0 Å². The molecule has 6 heteroatoms.